The fraction of sp³-hybridized carbons (Fsp3) is 0.667. The van der Waals surface area contributed by atoms with E-state index in [0.29, 0.717) is 5.54 Å². The van der Waals surface area contributed by atoms with Gasteiger partial charge in [-0.2, -0.15) is 0 Å². The molecule has 4 aliphatic carbocycles. The fourth-order valence-corrected chi connectivity index (χ4v) is 6.42. The highest BCUT2D eigenvalue weighted by atomic mass is 15.2. The molecule has 6 rings (SSSR count). The van der Waals surface area contributed by atoms with Crippen molar-refractivity contribution >= 4 is 11.0 Å². The minimum absolute atomic E-state index is 0.436. The summed E-state index contributed by atoms with van der Waals surface area (Å²) in [5, 5.41) is 0. The molecule has 1 aromatic heterocycles. The van der Waals surface area contributed by atoms with Crippen molar-refractivity contribution in [3.8, 4) is 0 Å². The molecule has 4 aliphatic rings. The van der Waals surface area contributed by atoms with Crippen molar-refractivity contribution in [1.29, 1.82) is 0 Å². The highest BCUT2D eigenvalue weighted by molar-refractivity contribution is 5.72. The number of aryl methyl sites for hydroxylation is 1. The first-order valence-electron chi connectivity index (χ1n) is 9.77. The van der Waals surface area contributed by atoms with E-state index in [2.05, 4.69) is 46.7 Å². The van der Waals surface area contributed by atoms with Gasteiger partial charge in [-0.05, 0) is 74.8 Å². The Labute approximate surface area is 139 Å². The van der Waals surface area contributed by atoms with Gasteiger partial charge in [0, 0.05) is 0 Å². The summed E-state index contributed by atoms with van der Waals surface area (Å²) in [6, 6.07) is 9.11. The Hall–Kier alpha value is -1.31. The Balaban J connectivity index is 1.62. The summed E-state index contributed by atoms with van der Waals surface area (Å²) in [5.74, 6) is 3.02. The minimum Gasteiger partial charge on any atom is -0.230 e. The van der Waals surface area contributed by atoms with E-state index in [0.717, 1.165) is 24.3 Å². The smallest absolute Gasteiger partial charge is 0.230 e. The van der Waals surface area contributed by atoms with Gasteiger partial charge in [-0.15, -0.1) is 0 Å². The van der Waals surface area contributed by atoms with Crippen molar-refractivity contribution in [2.75, 3.05) is 0 Å². The molecule has 0 aliphatic heterocycles. The zero-order valence-corrected chi connectivity index (χ0v) is 14.4. The first-order valence-corrected chi connectivity index (χ1v) is 9.77. The number of benzene rings is 1. The Morgan fingerprint density at radius 2 is 1.70 bits per heavy atom. The monoisotopic (exact) mass is 309 g/mol. The first-order chi connectivity index (χ1) is 11.3. The molecule has 2 aromatic rings. The van der Waals surface area contributed by atoms with Crippen LogP contribution in [-0.4, -0.2) is 4.57 Å². The lowest BCUT2D eigenvalue weighted by Crippen LogP contribution is -2.52. The number of aromatic nitrogens is 2. The number of hydrogen-bond acceptors (Lipinski definition) is 0. The molecule has 23 heavy (non-hydrogen) atoms. The molecule has 0 amide bonds. The molecule has 0 saturated heterocycles. The summed E-state index contributed by atoms with van der Waals surface area (Å²) in [7, 11) is 0. The second kappa shape index (κ2) is 5.09. The van der Waals surface area contributed by atoms with Gasteiger partial charge in [0.1, 0.15) is 5.54 Å². The molecule has 2 heteroatoms. The topological polar surface area (TPSA) is 8.81 Å². The van der Waals surface area contributed by atoms with Gasteiger partial charge >= 0.3 is 0 Å². The largest absolute Gasteiger partial charge is 0.245 e. The highest BCUT2D eigenvalue weighted by Gasteiger charge is 2.55. The summed E-state index contributed by atoms with van der Waals surface area (Å²) in [6.07, 6.45) is 13.9. The third-order valence-electron chi connectivity index (χ3n) is 6.98. The van der Waals surface area contributed by atoms with Crippen molar-refractivity contribution in [3.63, 3.8) is 0 Å². The van der Waals surface area contributed by atoms with Crippen LogP contribution in [0.4, 0.5) is 0 Å². The average molecular weight is 309 g/mol. The van der Waals surface area contributed by atoms with E-state index in [1.54, 1.807) is 0 Å². The molecule has 4 saturated carbocycles. The quantitative estimate of drug-likeness (QED) is 0.727. The van der Waals surface area contributed by atoms with Gasteiger partial charge in [0.2, 0.25) is 6.33 Å². The van der Waals surface area contributed by atoms with E-state index in [4.69, 9.17) is 0 Å². The molecule has 0 N–H and O–H groups in total. The number of hydrogen-bond donors (Lipinski definition) is 0. The van der Waals surface area contributed by atoms with E-state index in [1.165, 1.54) is 62.4 Å². The van der Waals surface area contributed by atoms with Gasteiger partial charge in [-0.25, -0.2) is 9.13 Å². The third kappa shape index (κ3) is 2.10. The summed E-state index contributed by atoms with van der Waals surface area (Å²) in [5.41, 5.74) is 3.36. The first kappa shape index (κ1) is 14.1. The third-order valence-corrected chi connectivity index (χ3v) is 6.98. The van der Waals surface area contributed by atoms with Crippen LogP contribution >= 0.6 is 0 Å². The molecule has 2 nitrogen and oxygen atoms in total. The van der Waals surface area contributed by atoms with Crippen LogP contribution in [0, 0.1) is 17.8 Å². The standard InChI is InChI=1S/C21H29N2/c1-2-3-8-22-15-23(20-7-5-4-6-19(20)22)21-12-16-9-17(13-21)11-18(10-16)14-21/h4-7,15-18H,2-3,8-14H2,1H3/q+1. The van der Waals surface area contributed by atoms with Crippen molar-refractivity contribution in [1.82, 2.24) is 4.57 Å². The van der Waals surface area contributed by atoms with Crippen LogP contribution in [0.15, 0.2) is 30.6 Å². The predicted molar refractivity (Wildman–Crippen MR) is 93.2 cm³/mol. The molecule has 0 unspecified atom stereocenters. The van der Waals surface area contributed by atoms with E-state index in [-0.39, 0.29) is 0 Å². The molecule has 4 bridgehead atoms. The van der Waals surface area contributed by atoms with Gasteiger partial charge < -0.3 is 0 Å². The molecule has 1 aromatic carbocycles. The highest BCUT2D eigenvalue weighted by Crippen LogP contribution is 2.59. The number of fused-ring (bicyclic) bond motifs is 1. The molecule has 122 valence electrons. The summed E-state index contributed by atoms with van der Waals surface area (Å²) >= 11 is 0. The Kier molecular flexibility index (Phi) is 3.11. The van der Waals surface area contributed by atoms with Crippen LogP contribution in [0.3, 0.4) is 0 Å². The predicted octanol–water partition coefficient (Wildman–Crippen LogP) is 4.65. The van der Waals surface area contributed by atoms with Crippen LogP contribution in [0.25, 0.3) is 11.0 Å². The van der Waals surface area contributed by atoms with Crippen LogP contribution < -0.4 is 4.57 Å². The van der Waals surface area contributed by atoms with E-state index < -0.39 is 0 Å². The molecular formula is C21H29N2+. The molecule has 0 atom stereocenters. The molecule has 1 heterocycles. The van der Waals surface area contributed by atoms with Crippen LogP contribution in [0.2, 0.25) is 0 Å². The molecule has 0 radical (unpaired) electrons. The van der Waals surface area contributed by atoms with Gasteiger partial charge in [0.15, 0.2) is 11.0 Å². The number of para-hydroxylation sites is 2. The summed E-state index contributed by atoms with van der Waals surface area (Å²) in [6.45, 7) is 3.45. The maximum Gasteiger partial charge on any atom is 0.245 e. The van der Waals surface area contributed by atoms with Crippen molar-refractivity contribution in [3.05, 3.63) is 30.6 Å². The van der Waals surface area contributed by atoms with Crippen LogP contribution in [0.5, 0.6) is 0 Å². The Bertz CT molecular complexity index is 691. The van der Waals surface area contributed by atoms with Crippen molar-refractivity contribution in [2.24, 2.45) is 17.8 Å². The molecular weight excluding hydrogens is 280 g/mol. The SMILES string of the molecule is CCCC[n+]1cn(C23CC4CC(CC(C4)C2)C3)c2ccccc21. The Morgan fingerprint density at radius 3 is 2.35 bits per heavy atom. The second-order valence-electron chi connectivity index (χ2n) is 8.66. The maximum atomic E-state index is 2.72. The van der Waals surface area contributed by atoms with Crippen LogP contribution in [-0.2, 0) is 12.1 Å². The van der Waals surface area contributed by atoms with Gasteiger partial charge in [-0.3, -0.25) is 0 Å². The van der Waals surface area contributed by atoms with E-state index in [1.807, 2.05) is 0 Å². The summed E-state index contributed by atoms with van der Waals surface area (Å²) in [4.78, 5) is 0. The van der Waals surface area contributed by atoms with Gasteiger partial charge in [-0.1, -0.05) is 25.5 Å². The van der Waals surface area contributed by atoms with Crippen molar-refractivity contribution < 1.29 is 4.57 Å². The lowest BCUT2D eigenvalue weighted by Gasteiger charge is -2.54. The fourth-order valence-electron chi connectivity index (χ4n) is 6.42. The van der Waals surface area contributed by atoms with E-state index in [9.17, 15) is 0 Å². The molecule has 0 spiro atoms. The number of nitrogens with zero attached hydrogens (tertiary/aromatic N) is 2. The summed E-state index contributed by atoms with van der Waals surface area (Å²) < 4.78 is 5.25. The molecule has 4 fully saturated rings. The lowest BCUT2D eigenvalue weighted by molar-refractivity contribution is -0.673. The van der Waals surface area contributed by atoms with Gasteiger partial charge in [0.25, 0.3) is 0 Å². The zero-order valence-electron chi connectivity index (χ0n) is 14.4. The van der Waals surface area contributed by atoms with E-state index >= 15 is 0 Å². The van der Waals surface area contributed by atoms with Crippen LogP contribution in [0.1, 0.15) is 58.3 Å². The lowest BCUT2D eigenvalue weighted by atomic mass is 9.53. The average Bonchev–Trinajstić information content (AvgIpc) is 2.91. The number of rotatable bonds is 4. The number of unbranched alkanes of at least 4 members (excludes halogenated alkanes) is 1. The van der Waals surface area contributed by atoms with Gasteiger partial charge in [0.05, 0.1) is 6.54 Å². The second-order valence-corrected chi connectivity index (χ2v) is 8.66. The van der Waals surface area contributed by atoms with Crippen molar-refractivity contribution in [2.45, 2.75) is 70.4 Å². The number of imidazole rings is 1. The zero-order chi connectivity index (χ0) is 15.4. The normalized spacial score (nSPS) is 35.3. The minimum atomic E-state index is 0.436. The maximum absolute atomic E-state index is 2.72. The Morgan fingerprint density at radius 1 is 1.04 bits per heavy atom.